The van der Waals surface area contributed by atoms with Gasteiger partial charge in [-0.05, 0) is 0 Å². The van der Waals surface area contributed by atoms with Crippen LogP contribution >= 0.6 is 0 Å². The van der Waals surface area contributed by atoms with Crippen LogP contribution in [-0.2, 0) is 15.1 Å². The van der Waals surface area contributed by atoms with E-state index in [9.17, 15) is 22.9 Å². The maximum atomic E-state index is 10.4. The monoisotopic (exact) mass is 281 g/mol. The minimum atomic E-state index is -4.99. The van der Waals surface area contributed by atoms with E-state index in [1.165, 1.54) is 4.72 Å². The zero-order chi connectivity index (χ0) is 12.9. The summed E-state index contributed by atoms with van der Waals surface area (Å²) in [4.78, 5) is 10.4. The quantitative estimate of drug-likeness (QED) is 0.174. The van der Waals surface area contributed by atoms with Gasteiger partial charge in [0, 0.05) is 0 Å². The van der Waals surface area contributed by atoms with Crippen molar-refractivity contribution >= 4 is 16.6 Å². The van der Waals surface area contributed by atoms with E-state index < -0.39 is 41.3 Å². The molecule has 11 heteroatoms. The molecule has 0 aliphatic rings. The van der Waals surface area contributed by atoms with Crippen LogP contribution in [0.1, 0.15) is 0 Å². The standard InChI is InChI=1S/C6H13NO8S.Na/c8-1-3(7-16(13,14)15)5(11)6(12)4(10)2-9;/h1,3-7,9-12H,2H2,(H,13,14,15);/q;+1/p-1. The predicted molar refractivity (Wildman–Crippen MR) is 47.8 cm³/mol. The van der Waals surface area contributed by atoms with Gasteiger partial charge < -0.3 is 29.8 Å². The summed E-state index contributed by atoms with van der Waals surface area (Å²) in [6, 6.07) is -1.90. The SMILES string of the molecule is O=CC(NS(=O)(=O)[O-])C(O)C(O)C(O)CO.[Na+]. The molecule has 0 bridgehead atoms. The summed E-state index contributed by atoms with van der Waals surface area (Å²) in [6.45, 7) is -0.909. The molecular formula is C6H12NNaO8S. The molecule has 0 aliphatic heterocycles. The van der Waals surface area contributed by atoms with E-state index in [0.717, 1.165) is 0 Å². The molecule has 0 amide bonds. The Kier molecular flexibility index (Phi) is 9.83. The van der Waals surface area contributed by atoms with Crippen molar-refractivity contribution in [3.8, 4) is 0 Å². The average molecular weight is 281 g/mol. The maximum Gasteiger partial charge on any atom is 1.00 e. The molecule has 0 aromatic carbocycles. The van der Waals surface area contributed by atoms with Gasteiger partial charge in [-0.25, -0.2) is 13.1 Å². The van der Waals surface area contributed by atoms with Gasteiger partial charge in [0.2, 0.25) is 0 Å². The number of carbonyl (C=O) groups excluding carboxylic acids is 1. The predicted octanol–water partition coefficient (Wildman–Crippen LogP) is -7.32. The van der Waals surface area contributed by atoms with Crippen LogP contribution in [-0.4, -0.2) is 70.6 Å². The van der Waals surface area contributed by atoms with E-state index in [2.05, 4.69) is 0 Å². The Labute approximate surface area is 120 Å². The van der Waals surface area contributed by atoms with Crippen LogP contribution in [0.5, 0.6) is 0 Å². The third kappa shape index (κ3) is 7.41. The molecule has 0 fully saturated rings. The number of aldehydes is 1. The topological polar surface area (TPSA) is 167 Å². The van der Waals surface area contributed by atoms with E-state index in [0.29, 0.717) is 0 Å². The first kappa shape index (κ1) is 19.7. The number of hydrogen-bond acceptors (Lipinski definition) is 8. The average Bonchev–Trinajstić information content (AvgIpc) is 2.21. The normalized spacial score (nSPS) is 18.6. The van der Waals surface area contributed by atoms with E-state index >= 15 is 0 Å². The molecule has 0 aliphatic carbocycles. The minimum Gasteiger partial charge on any atom is -0.735 e. The largest absolute Gasteiger partial charge is 1.00 e. The third-order valence-corrected chi connectivity index (χ3v) is 2.29. The third-order valence-electron chi connectivity index (χ3n) is 1.73. The summed E-state index contributed by atoms with van der Waals surface area (Å²) < 4.78 is 31.9. The summed E-state index contributed by atoms with van der Waals surface area (Å²) in [5, 5.41) is 35.7. The molecular weight excluding hydrogens is 269 g/mol. The molecule has 4 atom stereocenters. The fourth-order valence-corrected chi connectivity index (χ4v) is 1.42. The van der Waals surface area contributed by atoms with Crippen molar-refractivity contribution in [2.45, 2.75) is 24.4 Å². The van der Waals surface area contributed by atoms with E-state index in [1.807, 2.05) is 0 Å². The van der Waals surface area contributed by atoms with Gasteiger partial charge in [0.15, 0.2) is 10.3 Å². The molecule has 0 radical (unpaired) electrons. The molecule has 17 heavy (non-hydrogen) atoms. The second-order valence-electron chi connectivity index (χ2n) is 2.96. The summed E-state index contributed by atoms with van der Waals surface area (Å²) in [6.07, 6.45) is -5.92. The first-order valence-corrected chi connectivity index (χ1v) is 5.47. The van der Waals surface area contributed by atoms with Gasteiger partial charge in [-0.15, -0.1) is 0 Å². The van der Waals surface area contributed by atoms with Gasteiger partial charge in [0.05, 0.1) is 6.61 Å². The van der Waals surface area contributed by atoms with E-state index in [-0.39, 0.29) is 35.8 Å². The summed E-state index contributed by atoms with van der Waals surface area (Å²) in [5.41, 5.74) is 0. The Morgan fingerprint density at radius 3 is 2.00 bits per heavy atom. The fourth-order valence-electron chi connectivity index (χ4n) is 0.893. The Morgan fingerprint density at radius 2 is 1.71 bits per heavy atom. The van der Waals surface area contributed by atoms with E-state index in [1.54, 1.807) is 0 Å². The van der Waals surface area contributed by atoms with Gasteiger partial charge in [-0.1, -0.05) is 0 Å². The van der Waals surface area contributed by atoms with Crippen LogP contribution in [0.2, 0.25) is 0 Å². The Bertz CT molecular complexity index is 322. The molecule has 96 valence electrons. The van der Waals surface area contributed by atoms with Gasteiger partial charge in [0.1, 0.15) is 30.6 Å². The number of carbonyl (C=O) groups is 1. The number of aliphatic hydroxyl groups excluding tert-OH is 4. The molecule has 0 saturated carbocycles. The molecule has 0 rings (SSSR count). The Hall–Kier alpha value is 0.380. The van der Waals surface area contributed by atoms with Crippen molar-refractivity contribution in [3.63, 3.8) is 0 Å². The van der Waals surface area contributed by atoms with Crippen LogP contribution in [0.15, 0.2) is 0 Å². The van der Waals surface area contributed by atoms with Crippen LogP contribution in [0.3, 0.4) is 0 Å². The molecule has 0 aromatic heterocycles. The van der Waals surface area contributed by atoms with Crippen LogP contribution in [0, 0.1) is 0 Å². The number of nitrogens with one attached hydrogen (secondary N) is 1. The van der Waals surface area contributed by atoms with Crippen molar-refractivity contribution in [1.29, 1.82) is 0 Å². The van der Waals surface area contributed by atoms with Crippen molar-refractivity contribution < 1.29 is 67.7 Å². The van der Waals surface area contributed by atoms with E-state index in [4.69, 9.17) is 15.3 Å². The second-order valence-corrected chi connectivity index (χ2v) is 4.11. The minimum absolute atomic E-state index is 0. The number of aliphatic hydroxyl groups is 4. The van der Waals surface area contributed by atoms with Crippen molar-refractivity contribution in [2.75, 3.05) is 6.61 Å². The van der Waals surface area contributed by atoms with Crippen molar-refractivity contribution in [3.05, 3.63) is 0 Å². The first-order chi connectivity index (χ1) is 7.22. The zero-order valence-corrected chi connectivity index (χ0v) is 11.7. The second kappa shape index (κ2) is 8.48. The molecule has 9 nitrogen and oxygen atoms in total. The molecule has 5 N–H and O–H groups in total. The van der Waals surface area contributed by atoms with Gasteiger partial charge in [0.25, 0.3) is 0 Å². The number of rotatable bonds is 7. The first-order valence-electron chi connectivity index (χ1n) is 4.06. The Morgan fingerprint density at radius 1 is 1.24 bits per heavy atom. The maximum absolute atomic E-state index is 10.4. The summed E-state index contributed by atoms with van der Waals surface area (Å²) >= 11 is 0. The molecule has 4 unspecified atom stereocenters. The smallest absolute Gasteiger partial charge is 0.735 e. The Balaban J connectivity index is 0. The molecule has 0 aromatic rings. The molecule has 0 spiro atoms. The van der Waals surface area contributed by atoms with Crippen LogP contribution in [0.25, 0.3) is 0 Å². The van der Waals surface area contributed by atoms with Gasteiger partial charge in [-0.2, -0.15) is 0 Å². The van der Waals surface area contributed by atoms with Crippen molar-refractivity contribution in [1.82, 2.24) is 4.72 Å². The fraction of sp³-hybridized carbons (Fsp3) is 0.833. The molecule has 0 heterocycles. The van der Waals surface area contributed by atoms with Crippen molar-refractivity contribution in [2.24, 2.45) is 0 Å². The van der Waals surface area contributed by atoms with Crippen LogP contribution in [0.4, 0.5) is 0 Å². The van der Waals surface area contributed by atoms with Crippen LogP contribution < -0.4 is 34.3 Å². The number of hydrogen-bond donors (Lipinski definition) is 5. The molecule has 0 saturated heterocycles. The summed E-state index contributed by atoms with van der Waals surface area (Å²) in [5.74, 6) is 0. The van der Waals surface area contributed by atoms with Gasteiger partial charge >= 0.3 is 29.6 Å². The summed E-state index contributed by atoms with van der Waals surface area (Å²) in [7, 11) is -4.99. The zero-order valence-electron chi connectivity index (χ0n) is 8.92. The van der Waals surface area contributed by atoms with Gasteiger partial charge in [-0.3, -0.25) is 0 Å².